The van der Waals surface area contributed by atoms with Crippen LogP contribution in [0.2, 0.25) is 5.02 Å². The zero-order chi connectivity index (χ0) is 14.0. The van der Waals surface area contributed by atoms with Gasteiger partial charge < -0.3 is 0 Å². The van der Waals surface area contributed by atoms with Crippen LogP contribution in [0.5, 0.6) is 0 Å². The molecule has 4 heteroatoms. The van der Waals surface area contributed by atoms with Crippen molar-refractivity contribution in [3.05, 3.63) is 69.7 Å². The van der Waals surface area contributed by atoms with Gasteiger partial charge in [0.25, 0.3) is 0 Å². The van der Waals surface area contributed by atoms with Crippen molar-refractivity contribution >= 4 is 17.4 Å². The normalized spacial score (nSPS) is 10.5. The Bertz CT molecular complexity index is 638. The molecule has 2 rings (SSSR count). The molecular formula is C15H11ClF2O. The van der Waals surface area contributed by atoms with E-state index >= 15 is 0 Å². The molecule has 0 bridgehead atoms. The minimum Gasteiger partial charge on any atom is -0.294 e. The van der Waals surface area contributed by atoms with Gasteiger partial charge in [0.1, 0.15) is 11.6 Å². The van der Waals surface area contributed by atoms with E-state index < -0.39 is 5.82 Å². The maximum atomic E-state index is 13.6. The van der Waals surface area contributed by atoms with Gasteiger partial charge in [0.15, 0.2) is 5.78 Å². The van der Waals surface area contributed by atoms with Crippen LogP contribution in [0.25, 0.3) is 0 Å². The summed E-state index contributed by atoms with van der Waals surface area (Å²) in [6.45, 7) is 1.71. The van der Waals surface area contributed by atoms with Gasteiger partial charge in [-0.25, -0.2) is 8.78 Å². The van der Waals surface area contributed by atoms with Gasteiger partial charge in [-0.1, -0.05) is 17.7 Å². The first kappa shape index (κ1) is 13.7. The number of rotatable bonds is 3. The summed E-state index contributed by atoms with van der Waals surface area (Å²) in [5.74, 6) is -1.35. The van der Waals surface area contributed by atoms with Gasteiger partial charge in [-0.15, -0.1) is 0 Å². The van der Waals surface area contributed by atoms with Crippen LogP contribution in [0, 0.1) is 18.6 Å². The highest BCUT2D eigenvalue weighted by atomic mass is 35.5. The first-order valence-electron chi connectivity index (χ1n) is 5.70. The molecule has 0 aliphatic rings. The van der Waals surface area contributed by atoms with Crippen molar-refractivity contribution in [3.63, 3.8) is 0 Å². The largest absolute Gasteiger partial charge is 0.294 e. The zero-order valence-electron chi connectivity index (χ0n) is 10.2. The van der Waals surface area contributed by atoms with Crippen LogP contribution in [0.4, 0.5) is 8.78 Å². The standard InChI is InChI=1S/C15H11ClF2O/c1-9-6-12(17)4-2-10(9)7-15(19)13-5-3-11(16)8-14(13)18/h2-6,8H,7H2,1H3. The molecule has 0 atom stereocenters. The Morgan fingerprint density at radius 2 is 1.89 bits per heavy atom. The molecule has 0 aliphatic carbocycles. The molecule has 0 spiro atoms. The molecule has 2 aromatic carbocycles. The van der Waals surface area contributed by atoms with E-state index in [9.17, 15) is 13.6 Å². The summed E-state index contributed by atoms with van der Waals surface area (Å²) < 4.78 is 26.6. The average molecular weight is 281 g/mol. The maximum Gasteiger partial charge on any atom is 0.170 e. The monoisotopic (exact) mass is 280 g/mol. The van der Waals surface area contributed by atoms with Crippen LogP contribution in [0.15, 0.2) is 36.4 Å². The molecule has 0 aliphatic heterocycles. The molecule has 0 unspecified atom stereocenters. The van der Waals surface area contributed by atoms with E-state index in [1.165, 1.54) is 30.3 Å². The Morgan fingerprint density at radius 1 is 1.16 bits per heavy atom. The second kappa shape index (κ2) is 5.49. The maximum absolute atomic E-state index is 13.6. The third kappa shape index (κ3) is 3.18. The van der Waals surface area contributed by atoms with Gasteiger partial charge in [0.05, 0.1) is 5.56 Å². The molecule has 0 radical (unpaired) electrons. The van der Waals surface area contributed by atoms with E-state index in [0.717, 1.165) is 6.07 Å². The summed E-state index contributed by atoms with van der Waals surface area (Å²) >= 11 is 5.63. The fourth-order valence-electron chi connectivity index (χ4n) is 1.84. The van der Waals surface area contributed by atoms with Crippen molar-refractivity contribution in [2.45, 2.75) is 13.3 Å². The average Bonchev–Trinajstić information content (AvgIpc) is 2.32. The van der Waals surface area contributed by atoms with Crippen LogP contribution >= 0.6 is 11.6 Å². The van der Waals surface area contributed by atoms with E-state index in [1.807, 2.05) is 0 Å². The Balaban J connectivity index is 2.25. The van der Waals surface area contributed by atoms with E-state index in [1.54, 1.807) is 6.92 Å². The lowest BCUT2D eigenvalue weighted by Crippen LogP contribution is -2.07. The number of hydrogen-bond acceptors (Lipinski definition) is 1. The molecule has 0 fully saturated rings. The quantitative estimate of drug-likeness (QED) is 0.764. The molecule has 0 N–H and O–H groups in total. The Labute approximate surface area is 114 Å². The number of aryl methyl sites for hydroxylation is 1. The van der Waals surface area contributed by atoms with Gasteiger partial charge in [0, 0.05) is 11.4 Å². The SMILES string of the molecule is Cc1cc(F)ccc1CC(=O)c1ccc(Cl)cc1F. The van der Waals surface area contributed by atoms with E-state index in [-0.39, 0.29) is 28.6 Å². The molecule has 98 valence electrons. The third-order valence-electron chi connectivity index (χ3n) is 2.89. The molecule has 0 aromatic heterocycles. The highest BCUT2D eigenvalue weighted by molar-refractivity contribution is 6.30. The Morgan fingerprint density at radius 3 is 2.53 bits per heavy atom. The fourth-order valence-corrected chi connectivity index (χ4v) is 2.00. The Kier molecular flexibility index (Phi) is 3.96. The van der Waals surface area contributed by atoms with Gasteiger partial charge in [-0.05, 0) is 48.4 Å². The van der Waals surface area contributed by atoms with Gasteiger partial charge >= 0.3 is 0 Å². The summed E-state index contributed by atoms with van der Waals surface area (Å²) in [5, 5.41) is 0.243. The topological polar surface area (TPSA) is 17.1 Å². The van der Waals surface area contributed by atoms with Crippen LogP contribution in [-0.2, 0) is 6.42 Å². The first-order chi connectivity index (χ1) is 8.97. The highest BCUT2D eigenvalue weighted by Crippen LogP contribution is 2.18. The van der Waals surface area contributed by atoms with Crippen LogP contribution in [-0.4, -0.2) is 5.78 Å². The molecule has 19 heavy (non-hydrogen) atoms. The van der Waals surface area contributed by atoms with Gasteiger partial charge in [-0.2, -0.15) is 0 Å². The Hall–Kier alpha value is -1.74. The van der Waals surface area contributed by atoms with Crippen molar-refractivity contribution in [2.24, 2.45) is 0 Å². The van der Waals surface area contributed by atoms with Crippen LogP contribution < -0.4 is 0 Å². The van der Waals surface area contributed by atoms with Crippen molar-refractivity contribution < 1.29 is 13.6 Å². The zero-order valence-corrected chi connectivity index (χ0v) is 11.0. The van der Waals surface area contributed by atoms with Gasteiger partial charge in [0.2, 0.25) is 0 Å². The molecule has 1 nitrogen and oxygen atoms in total. The lowest BCUT2D eigenvalue weighted by Gasteiger charge is -2.06. The molecule has 2 aromatic rings. The number of carbonyl (C=O) groups excluding carboxylic acids is 1. The summed E-state index contributed by atoms with van der Waals surface area (Å²) in [4.78, 5) is 12.0. The van der Waals surface area contributed by atoms with Crippen molar-refractivity contribution in [3.8, 4) is 0 Å². The fraction of sp³-hybridized carbons (Fsp3) is 0.133. The molecule has 0 saturated heterocycles. The summed E-state index contributed by atoms with van der Waals surface area (Å²) in [6, 6.07) is 8.10. The summed E-state index contributed by atoms with van der Waals surface area (Å²) in [7, 11) is 0. The number of Topliss-reactive ketones (excluding diaryl/α,β-unsaturated/α-hetero) is 1. The number of halogens is 3. The van der Waals surface area contributed by atoms with Crippen LogP contribution in [0.3, 0.4) is 0 Å². The number of hydrogen-bond donors (Lipinski definition) is 0. The van der Waals surface area contributed by atoms with E-state index in [2.05, 4.69) is 0 Å². The number of carbonyl (C=O) groups is 1. The summed E-state index contributed by atoms with van der Waals surface area (Å²) in [6.07, 6.45) is 0.0324. The second-order valence-corrected chi connectivity index (χ2v) is 4.73. The predicted octanol–water partition coefficient (Wildman–Crippen LogP) is 4.35. The van der Waals surface area contributed by atoms with Crippen molar-refractivity contribution in [1.29, 1.82) is 0 Å². The van der Waals surface area contributed by atoms with Gasteiger partial charge in [-0.3, -0.25) is 4.79 Å². The molecule has 0 heterocycles. The third-order valence-corrected chi connectivity index (χ3v) is 3.12. The van der Waals surface area contributed by atoms with Crippen molar-refractivity contribution in [1.82, 2.24) is 0 Å². The van der Waals surface area contributed by atoms with Crippen molar-refractivity contribution in [2.75, 3.05) is 0 Å². The highest BCUT2D eigenvalue weighted by Gasteiger charge is 2.14. The number of benzene rings is 2. The first-order valence-corrected chi connectivity index (χ1v) is 6.08. The predicted molar refractivity (Wildman–Crippen MR) is 70.6 cm³/mol. The summed E-state index contributed by atoms with van der Waals surface area (Å²) in [5.41, 5.74) is 1.34. The van der Waals surface area contributed by atoms with E-state index in [0.29, 0.717) is 11.1 Å². The van der Waals surface area contributed by atoms with Crippen LogP contribution in [0.1, 0.15) is 21.5 Å². The minimum atomic E-state index is -0.641. The lowest BCUT2D eigenvalue weighted by molar-refractivity contribution is 0.0989. The van der Waals surface area contributed by atoms with E-state index in [4.69, 9.17) is 11.6 Å². The number of ketones is 1. The molecule has 0 amide bonds. The smallest absolute Gasteiger partial charge is 0.170 e. The second-order valence-electron chi connectivity index (χ2n) is 4.29. The minimum absolute atomic E-state index is 0.00637. The molecular weight excluding hydrogens is 270 g/mol. The molecule has 0 saturated carbocycles. The lowest BCUT2D eigenvalue weighted by atomic mass is 9.99.